The molecule has 4 N–H and O–H groups in total. The number of aliphatic hydroxyl groups excluding tert-OH is 4. The molecule has 1 aromatic heterocycles. The maximum atomic E-state index is 11.7. The molecule has 0 radical (unpaired) electrons. The number of hydrogen-bond acceptors (Lipinski definition) is 8. The van der Waals surface area contributed by atoms with E-state index in [4.69, 9.17) is 13.9 Å². The van der Waals surface area contributed by atoms with Gasteiger partial charge in [0.15, 0.2) is 0 Å². The predicted molar refractivity (Wildman–Crippen MR) is 91.0 cm³/mol. The zero-order valence-electron chi connectivity index (χ0n) is 14.5. The van der Waals surface area contributed by atoms with E-state index in [1.165, 1.54) is 6.07 Å². The first-order chi connectivity index (χ1) is 12.3. The van der Waals surface area contributed by atoms with Crippen LogP contribution >= 0.6 is 0 Å². The highest BCUT2D eigenvalue weighted by Crippen LogP contribution is 2.33. The number of aliphatic hydroxyl groups is 4. The van der Waals surface area contributed by atoms with Gasteiger partial charge in [-0.05, 0) is 36.6 Å². The Morgan fingerprint density at radius 2 is 1.85 bits per heavy atom. The Kier molecular flexibility index (Phi) is 5.31. The molecule has 0 saturated carbocycles. The van der Waals surface area contributed by atoms with Gasteiger partial charge in [0, 0.05) is 6.07 Å². The number of aryl methyl sites for hydroxylation is 2. The van der Waals surface area contributed by atoms with Gasteiger partial charge in [-0.2, -0.15) is 0 Å². The van der Waals surface area contributed by atoms with Crippen molar-refractivity contribution in [3.05, 3.63) is 39.7 Å². The summed E-state index contributed by atoms with van der Waals surface area (Å²) in [7, 11) is 0. The van der Waals surface area contributed by atoms with Crippen LogP contribution in [-0.2, 0) is 11.2 Å². The Labute approximate surface area is 149 Å². The van der Waals surface area contributed by atoms with Gasteiger partial charge in [-0.25, -0.2) is 4.79 Å². The van der Waals surface area contributed by atoms with Gasteiger partial charge in [-0.1, -0.05) is 6.92 Å². The number of benzene rings is 1. The lowest BCUT2D eigenvalue weighted by molar-refractivity contribution is -0.277. The van der Waals surface area contributed by atoms with E-state index in [1.54, 1.807) is 19.1 Å². The number of rotatable bonds is 4. The molecule has 0 aliphatic carbocycles. The zero-order valence-corrected chi connectivity index (χ0v) is 14.5. The summed E-state index contributed by atoms with van der Waals surface area (Å²) < 4.78 is 16.4. The molecule has 26 heavy (non-hydrogen) atoms. The van der Waals surface area contributed by atoms with E-state index in [-0.39, 0.29) is 0 Å². The highest BCUT2D eigenvalue weighted by atomic mass is 16.7. The lowest BCUT2D eigenvalue weighted by atomic mass is 9.99. The van der Waals surface area contributed by atoms with E-state index in [1.807, 2.05) is 6.92 Å². The average Bonchev–Trinajstić information content (AvgIpc) is 2.60. The van der Waals surface area contributed by atoms with Crippen LogP contribution in [0.4, 0.5) is 0 Å². The lowest BCUT2D eigenvalue weighted by Crippen LogP contribution is -2.60. The summed E-state index contributed by atoms with van der Waals surface area (Å²) in [5.74, 6) is 0.310. The van der Waals surface area contributed by atoms with Gasteiger partial charge in [0.25, 0.3) is 0 Å². The summed E-state index contributed by atoms with van der Waals surface area (Å²) in [6.07, 6.45) is -6.36. The second-order valence-electron chi connectivity index (χ2n) is 6.40. The molecule has 1 aromatic carbocycles. The Morgan fingerprint density at radius 1 is 1.12 bits per heavy atom. The molecule has 1 aliphatic heterocycles. The third-order valence-electron chi connectivity index (χ3n) is 4.51. The standard InChI is InChI=1S/C18H22O8/c1-3-9-6-13(20)24-10-4-8(2)5-11(14(9)10)25-18-17(23)16(22)15(21)12(7-19)26-18/h4-6,12,15-19,21-23H,3,7H2,1-2H3/t12-,15-,16+,17-,18-/m0/s1. The third kappa shape index (κ3) is 3.34. The fourth-order valence-electron chi connectivity index (χ4n) is 3.13. The van der Waals surface area contributed by atoms with Gasteiger partial charge in [-0.15, -0.1) is 0 Å². The second kappa shape index (κ2) is 7.34. The molecule has 0 bridgehead atoms. The van der Waals surface area contributed by atoms with Crippen molar-refractivity contribution in [3.63, 3.8) is 0 Å². The first-order valence-corrected chi connectivity index (χ1v) is 8.40. The van der Waals surface area contributed by atoms with Crippen LogP contribution in [0, 0.1) is 6.92 Å². The summed E-state index contributed by atoms with van der Waals surface area (Å²) in [5, 5.41) is 39.8. The van der Waals surface area contributed by atoms with Crippen molar-refractivity contribution in [3.8, 4) is 5.75 Å². The van der Waals surface area contributed by atoms with Crippen LogP contribution in [0.2, 0.25) is 0 Å². The Morgan fingerprint density at radius 3 is 2.50 bits per heavy atom. The third-order valence-corrected chi connectivity index (χ3v) is 4.51. The van der Waals surface area contributed by atoms with Gasteiger partial charge in [0.1, 0.15) is 35.7 Å². The van der Waals surface area contributed by atoms with Crippen molar-refractivity contribution in [1.82, 2.24) is 0 Å². The van der Waals surface area contributed by atoms with Crippen LogP contribution < -0.4 is 10.4 Å². The van der Waals surface area contributed by atoms with Crippen molar-refractivity contribution < 1.29 is 34.3 Å². The summed E-state index contributed by atoms with van der Waals surface area (Å²) >= 11 is 0. The number of fused-ring (bicyclic) bond motifs is 1. The fraction of sp³-hybridized carbons (Fsp3) is 0.500. The molecule has 3 rings (SSSR count). The van der Waals surface area contributed by atoms with Crippen LogP contribution in [0.5, 0.6) is 5.75 Å². The molecular formula is C18H22O8. The molecular weight excluding hydrogens is 344 g/mol. The van der Waals surface area contributed by atoms with Gasteiger partial charge in [0.2, 0.25) is 6.29 Å². The second-order valence-corrected chi connectivity index (χ2v) is 6.40. The molecule has 142 valence electrons. The maximum absolute atomic E-state index is 11.7. The lowest BCUT2D eigenvalue weighted by Gasteiger charge is -2.39. The largest absolute Gasteiger partial charge is 0.461 e. The Balaban J connectivity index is 2.04. The van der Waals surface area contributed by atoms with Crippen molar-refractivity contribution in [2.45, 2.75) is 51.0 Å². The van der Waals surface area contributed by atoms with Crippen LogP contribution in [-0.4, -0.2) is 57.7 Å². The highest BCUT2D eigenvalue weighted by molar-refractivity contribution is 5.87. The van der Waals surface area contributed by atoms with Crippen molar-refractivity contribution in [1.29, 1.82) is 0 Å². The maximum Gasteiger partial charge on any atom is 0.336 e. The summed E-state index contributed by atoms with van der Waals surface area (Å²) in [6, 6.07) is 4.77. The topological polar surface area (TPSA) is 130 Å². The minimum atomic E-state index is -1.54. The molecule has 2 heterocycles. The molecule has 8 nitrogen and oxygen atoms in total. The van der Waals surface area contributed by atoms with Crippen LogP contribution in [0.3, 0.4) is 0 Å². The van der Waals surface area contributed by atoms with E-state index in [0.717, 1.165) is 5.56 Å². The normalized spacial score (nSPS) is 29.1. The van der Waals surface area contributed by atoms with E-state index in [0.29, 0.717) is 28.7 Å². The van der Waals surface area contributed by atoms with E-state index in [9.17, 15) is 25.2 Å². The zero-order chi connectivity index (χ0) is 19.0. The van der Waals surface area contributed by atoms with E-state index < -0.39 is 42.9 Å². The Hall–Kier alpha value is -1.97. The molecule has 8 heteroatoms. The highest BCUT2D eigenvalue weighted by Gasteiger charge is 2.44. The molecule has 1 saturated heterocycles. The van der Waals surface area contributed by atoms with Crippen LogP contribution in [0.25, 0.3) is 11.0 Å². The van der Waals surface area contributed by atoms with Crippen LogP contribution in [0.1, 0.15) is 18.1 Å². The van der Waals surface area contributed by atoms with Gasteiger partial charge in [-0.3, -0.25) is 0 Å². The number of hydrogen-bond donors (Lipinski definition) is 4. The van der Waals surface area contributed by atoms with Gasteiger partial charge in [0.05, 0.1) is 12.0 Å². The van der Waals surface area contributed by atoms with Gasteiger partial charge >= 0.3 is 5.63 Å². The molecule has 1 aliphatic rings. The van der Waals surface area contributed by atoms with Crippen molar-refractivity contribution >= 4 is 11.0 Å². The summed E-state index contributed by atoms with van der Waals surface area (Å²) in [4.78, 5) is 11.7. The minimum absolute atomic E-state index is 0.310. The number of ether oxygens (including phenoxy) is 2. The molecule has 2 aromatic rings. The van der Waals surface area contributed by atoms with Crippen molar-refractivity contribution in [2.24, 2.45) is 0 Å². The quantitative estimate of drug-likeness (QED) is 0.550. The summed E-state index contributed by atoms with van der Waals surface area (Å²) in [5.41, 5.74) is 1.33. The van der Waals surface area contributed by atoms with E-state index in [2.05, 4.69) is 0 Å². The fourth-order valence-corrected chi connectivity index (χ4v) is 3.13. The first-order valence-electron chi connectivity index (χ1n) is 8.40. The Bertz CT molecular complexity index is 843. The van der Waals surface area contributed by atoms with Crippen LogP contribution in [0.15, 0.2) is 27.4 Å². The van der Waals surface area contributed by atoms with Crippen molar-refractivity contribution in [2.75, 3.05) is 6.61 Å². The molecule has 1 fully saturated rings. The molecule has 0 spiro atoms. The monoisotopic (exact) mass is 366 g/mol. The molecule has 0 unspecified atom stereocenters. The average molecular weight is 366 g/mol. The summed E-state index contributed by atoms with van der Waals surface area (Å²) in [6.45, 7) is 3.12. The SMILES string of the molecule is CCc1cc(=O)oc2cc(C)cc(O[C@H]3O[C@@H](CO)[C@H](O)[C@@H](O)[C@@H]3O)c12. The predicted octanol–water partition coefficient (Wildman–Crippen LogP) is -0.157. The van der Waals surface area contributed by atoms with E-state index >= 15 is 0 Å². The van der Waals surface area contributed by atoms with Gasteiger partial charge < -0.3 is 34.3 Å². The minimum Gasteiger partial charge on any atom is -0.461 e. The molecule has 5 atom stereocenters. The smallest absolute Gasteiger partial charge is 0.336 e. The first kappa shape index (κ1) is 18.8. The molecule has 0 amide bonds.